The number of rotatable bonds is 6. The first kappa shape index (κ1) is 20.7. The van der Waals surface area contributed by atoms with Crippen LogP contribution in [0.3, 0.4) is 0 Å². The summed E-state index contributed by atoms with van der Waals surface area (Å²) in [4.78, 5) is 32.5. The molecule has 2 amide bonds. The highest BCUT2D eigenvalue weighted by molar-refractivity contribution is 5.91. The number of likely N-dealkylation sites (tertiary alicyclic amines) is 2. The molecule has 8 nitrogen and oxygen atoms in total. The van der Waals surface area contributed by atoms with Crippen LogP contribution in [0.15, 0.2) is 24.4 Å². The summed E-state index contributed by atoms with van der Waals surface area (Å²) >= 11 is 0. The normalized spacial score (nSPS) is 26.6. The number of hydrogen-bond acceptors (Lipinski definition) is 6. The quantitative estimate of drug-likeness (QED) is 0.687. The van der Waals surface area contributed by atoms with Gasteiger partial charge in [0.2, 0.25) is 5.91 Å². The molecule has 2 aliphatic heterocycles. The number of nitrogens with zero attached hydrogens (tertiary/aromatic N) is 3. The largest absolute Gasteiger partial charge is 0.446 e. The molecule has 0 radical (unpaired) electrons. The number of carbonyl (C=O) groups excluding carboxylic acids is 2. The van der Waals surface area contributed by atoms with E-state index in [0.717, 1.165) is 51.0 Å². The smallest absolute Gasteiger partial charge is 0.410 e. The number of amides is 2. The monoisotopic (exact) mass is 413 g/mol. The number of hydrogen-bond donors (Lipinski definition) is 2. The van der Waals surface area contributed by atoms with Gasteiger partial charge in [-0.25, -0.2) is 9.78 Å². The number of ether oxygens (including phenoxy) is 1. The van der Waals surface area contributed by atoms with Gasteiger partial charge in [0.15, 0.2) is 0 Å². The molecule has 0 unspecified atom stereocenters. The van der Waals surface area contributed by atoms with Gasteiger partial charge >= 0.3 is 6.09 Å². The minimum atomic E-state index is -0.147. The summed E-state index contributed by atoms with van der Waals surface area (Å²) in [7, 11) is 2.10. The van der Waals surface area contributed by atoms with Gasteiger partial charge in [-0.2, -0.15) is 0 Å². The van der Waals surface area contributed by atoms with Crippen molar-refractivity contribution in [3.63, 3.8) is 0 Å². The van der Waals surface area contributed by atoms with Crippen LogP contribution in [0.1, 0.15) is 24.8 Å². The minimum absolute atomic E-state index is 0.0636. The number of aromatic nitrogens is 1. The van der Waals surface area contributed by atoms with E-state index in [-0.39, 0.29) is 18.1 Å². The van der Waals surface area contributed by atoms with Crippen LogP contribution in [0.4, 0.5) is 10.6 Å². The van der Waals surface area contributed by atoms with Gasteiger partial charge < -0.3 is 25.6 Å². The second-order valence-corrected chi connectivity index (χ2v) is 8.71. The third-order valence-electron chi connectivity index (χ3n) is 6.58. The molecular formula is C22H31N5O3. The summed E-state index contributed by atoms with van der Waals surface area (Å²) in [5, 5.41) is 2.94. The molecule has 1 saturated carbocycles. The maximum Gasteiger partial charge on any atom is 0.410 e. The first-order valence-electron chi connectivity index (χ1n) is 10.8. The molecule has 3 atom stereocenters. The Morgan fingerprint density at radius 2 is 2.00 bits per heavy atom. The highest BCUT2D eigenvalue weighted by Crippen LogP contribution is 2.53. The number of nitrogens with two attached hydrogens (primary N) is 1. The zero-order chi connectivity index (χ0) is 21.1. The van der Waals surface area contributed by atoms with Gasteiger partial charge in [0.05, 0.1) is 0 Å². The van der Waals surface area contributed by atoms with Crippen LogP contribution in [0.25, 0.3) is 6.08 Å². The molecule has 162 valence electrons. The molecule has 1 aromatic rings. The van der Waals surface area contributed by atoms with Crippen molar-refractivity contribution in [1.82, 2.24) is 20.1 Å². The fraction of sp³-hybridized carbons (Fsp3) is 0.591. The third kappa shape index (κ3) is 5.11. The molecule has 1 aliphatic carbocycles. The minimum Gasteiger partial charge on any atom is -0.446 e. The first-order chi connectivity index (χ1) is 14.5. The summed E-state index contributed by atoms with van der Waals surface area (Å²) in [5.74, 6) is 2.07. The van der Waals surface area contributed by atoms with Crippen LogP contribution in [-0.4, -0.2) is 72.7 Å². The second-order valence-electron chi connectivity index (χ2n) is 8.71. The Morgan fingerprint density at radius 3 is 2.67 bits per heavy atom. The molecule has 2 saturated heterocycles. The number of fused-ring (bicyclic) bond motifs is 1. The number of nitrogen functional groups attached to an aromatic ring is 1. The summed E-state index contributed by atoms with van der Waals surface area (Å²) in [6.07, 6.45) is 7.59. The summed E-state index contributed by atoms with van der Waals surface area (Å²) < 4.78 is 5.69. The number of carbonyl (C=O) groups is 2. The van der Waals surface area contributed by atoms with E-state index in [4.69, 9.17) is 10.5 Å². The zero-order valence-electron chi connectivity index (χ0n) is 17.5. The van der Waals surface area contributed by atoms with Crippen molar-refractivity contribution < 1.29 is 14.3 Å². The molecular weight excluding hydrogens is 382 g/mol. The lowest BCUT2D eigenvalue weighted by Crippen LogP contribution is -2.39. The van der Waals surface area contributed by atoms with Gasteiger partial charge in [-0.1, -0.05) is 0 Å². The van der Waals surface area contributed by atoms with E-state index in [1.165, 1.54) is 6.08 Å². The Balaban J connectivity index is 1.11. The summed E-state index contributed by atoms with van der Waals surface area (Å²) in [6.45, 7) is 4.21. The SMILES string of the molecule is CN1CCC(OC(=O)N2C[C@@H]3[C@@H](CCNC(=O)/C=C/c4ccc(N)nc4)[C@@H]3C2)CC1. The third-order valence-corrected chi connectivity index (χ3v) is 6.58. The highest BCUT2D eigenvalue weighted by atomic mass is 16.6. The van der Waals surface area contributed by atoms with Gasteiger partial charge in [0.1, 0.15) is 11.9 Å². The van der Waals surface area contributed by atoms with Crippen molar-refractivity contribution in [2.75, 3.05) is 45.5 Å². The maximum absolute atomic E-state index is 12.4. The molecule has 3 heterocycles. The number of anilines is 1. The average Bonchev–Trinajstić information content (AvgIpc) is 3.17. The van der Waals surface area contributed by atoms with Gasteiger partial charge in [0.25, 0.3) is 0 Å². The van der Waals surface area contributed by atoms with E-state index in [2.05, 4.69) is 22.2 Å². The van der Waals surface area contributed by atoms with E-state index >= 15 is 0 Å². The van der Waals surface area contributed by atoms with E-state index in [0.29, 0.717) is 30.1 Å². The number of pyridine rings is 1. The summed E-state index contributed by atoms with van der Waals surface area (Å²) in [6, 6.07) is 3.53. The lowest BCUT2D eigenvalue weighted by Gasteiger charge is -2.30. The topological polar surface area (TPSA) is 101 Å². The highest BCUT2D eigenvalue weighted by Gasteiger charge is 2.56. The van der Waals surface area contributed by atoms with Crippen LogP contribution in [0, 0.1) is 17.8 Å². The molecule has 0 bridgehead atoms. The lowest BCUT2D eigenvalue weighted by atomic mass is 10.1. The zero-order valence-corrected chi connectivity index (χ0v) is 17.5. The Bertz CT molecular complexity index is 776. The standard InChI is InChI=1S/C22H31N5O3/c1-26-10-7-16(8-11-26)30-22(29)27-13-18-17(19(18)14-27)6-9-24-21(28)5-3-15-2-4-20(23)25-12-15/h2-5,12,16-19H,6-11,13-14H2,1H3,(H2,23,25)(H,24,28)/b5-3+/t17-,18-,19+. The van der Waals surface area contributed by atoms with Gasteiger partial charge in [-0.15, -0.1) is 0 Å². The Morgan fingerprint density at radius 1 is 1.27 bits per heavy atom. The average molecular weight is 414 g/mol. The molecule has 0 aromatic carbocycles. The van der Waals surface area contributed by atoms with Gasteiger partial charge in [0, 0.05) is 45.0 Å². The van der Waals surface area contributed by atoms with Crippen molar-refractivity contribution in [3.05, 3.63) is 30.0 Å². The molecule has 3 N–H and O–H groups in total. The van der Waals surface area contributed by atoms with Crippen LogP contribution in [-0.2, 0) is 9.53 Å². The van der Waals surface area contributed by atoms with Crippen LogP contribution >= 0.6 is 0 Å². The molecule has 0 spiro atoms. The Labute approximate surface area is 177 Å². The molecule has 3 aliphatic rings. The fourth-order valence-electron chi connectivity index (χ4n) is 4.65. The molecule has 30 heavy (non-hydrogen) atoms. The van der Waals surface area contributed by atoms with Crippen LogP contribution in [0.2, 0.25) is 0 Å². The van der Waals surface area contributed by atoms with Crippen molar-refractivity contribution in [2.45, 2.75) is 25.4 Å². The predicted octanol–water partition coefficient (Wildman–Crippen LogP) is 1.59. The molecule has 3 fully saturated rings. The predicted molar refractivity (Wildman–Crippen MR) is 114 cm³/mol. The Hall–Kier alpha value is -2.61. The van der Waals surface area contributed by atoms with Crippen LogP contribution in [0.5, 0.6) is 0 Å². The molecule has 8 heteroatoms. The molecule has 1 aromatic heterocycles. The Kier molecular flexibility index (Phi) is 6.22. The first-order valence-corrected chi connectivity index (χ1v) is 10.8. The molecule has 4 rings (SSSR count). The van der Waals surface area contributed by atoms with Crippen LogP contribution < -0.4 is 11.1 Å². The number of piperidine rings is 2. The van der Waals surface area contributed by atoms with Gasteiger partial charge in [-0.3, -0.25) is 4.79 Å². The maximum atomic E-state index is 12.4. The van der Waals surface area contributed by atoms with Gasteiger partial charge in [-0.05, 0) is 67.8 Å². The number of nitrogens with one attached hydrogen (secondary N) is 1. The van der Waals surface area contributed by atoms with Crippen molar-refractivity contribution in [3.8, 4) is 0 Å². The fourth-order valence-corrected chi connectivity index (χ4v) is 4.65. The van der Waals surface area contributed by atoms with Crippen molar-refractivity contribution in [1.29, 1.82) is 0 Å². The second kappa shape index (κ2) is 9.04. The van der Waals surface area contributed by atoms with Crippen molar-refractivity contribution in [2.24, 2.45) is 17.8 Å². The van der Waals surface area contributed by atoms with E-state index in [9.17, 15) is 9.59 Å². The van der Waals surface area contributed by atoms with E-state index in [1.807, 2.05) is 11.0 Å². The lowest BCUT2D eigenvalue weighted by molar-refractivity contribution is -0.116. The van der Waals surface area contributed by atoms with Crippen molar-refractivity contribution >= 4 is 23.9 Å². The van der Waals surface area contributed by atoms with E-state index < -0.39 is 0 Å². The summed E-state index contributed by atoms with van der Waals surface area (Å²) in [5.41, 5.74) is 6.38. The van der Waals surface area contributed by atoms with E-state index in [1.54, 1.807) is 18.3 Å².